The van der Waals surface area contributed by atoms with Crippen LogP contribution in [-0.2, 0) is 13.6 Å². The molecule has 0 aliphatic carbocycles. The molecule has 0 aromatic rings. The SMILES string of the molecule is COP(=O)(OC/C=C(\C)CC/C=C(\C)CC/C=C(\C)CCC=C(C)C)N(C(C)C)C(C)C. The molecule has 0 amide bonds. The Labute approximate surface area is 199 Å². The summed E-state index contributed by atoms with van der Waals surface area (Å²) < 4.78 is 26.0. The average molecular weight is 468 g/mol. The summed E-state index contributed by atoms with van der Waals surface area (Å²) in [5.74, 6) is 0. The van der Waals surface area contributed by atoms with Gasteiger partial charge in [0.1, 0.15) is 0 Å². The monoisotopic (exact) mass is 467 g/mol. The highest BCUT2D eigenvalue weighted by atomic mass is 31.2. The van der Waals surface area contributed by atoms with E-state index in [4.69, 9.17) is 9.05 Å². The maximum atomic E-state index is 13.1. The van der Waals surface area contributed by atoms with Crippen molar-refractivity contribution in [2.45, 2.75) is 113 Å². The Balaban J connectivity index is 4.48. The highest BCUT2D eigenvalue weighted by Crippen LogP contribution is 2.53. The van der Waals surface area contributed by atoms with Gasteiger partial charge in [-0.2, -0.15) is 0 Å². The molecular formula is C27H50NO3P. The second kappa shape index (κ2) is 16.6. The van der Waals surface area contributed by atoms with E-state index in [1.807, 2.05) is 38.4 Å². The molecule has 1 unspecified atom stereocenters. The summed E-state index contributed by atoms with van der Waals surface area (Å²) in [6.07, 6.45) is 15.6. The molecule has 0 fully saturated rings. The third kappa shape index (κ3) is 13.6. The van der Waals surface area contributed by atoms with Crippen molar-refractivity contribution in [3.8, 4) is 0 Å². The number of allylic oxidation sites excluding steroid dienone is 7. The molecular weight excluding hydrogens is 417 g/mol. The van der Waals surface area contributed by atoms with Gasteiger partial charge in [0.15, 0.2) is 0 Å². The first-order valence-corrected chi connectivity index (χ1v) is 13.6. The molecule has 186 valence electrons. The van der Waals surface area contributed by atoms with E-state index < -0.39 is 7.75 Å². The van der Waals surface area contributed by atoms with E-state index in [1.54, 1.807) is 0 Å². The van der Waals surface area contributed by atoms with Gasteiger partial charge in [0.05, 0.1) is 6.61 Å². The highest BCUT2D eigenvalue weighted by Gasteiger charge is 2.36. The Morgan fingerprint density at radius 1 is 0.750 bits per heavy atom. The third-order valence-electron chi connectivity index (χ3n) is 5.40. The van der Waals surface area contributed by atoms with Crippen LogP contribution in [0.15, 0.2) is 46.6 Å². The maximum absolute atomic E-state index is 13.1. The van der Waals surface area contributed by atoms with Crippen LogP contribution < -0.4 is 0 Å². The van der Waals surface area contributed by atoms with Gasteiger partial charge in [0, 0.05) is 19.2 Å². The Kier molecular flexibility index (Phi) is 16.2. The summed E-state index contributed by atoms with van der Waals surface area (Å²) in [7, 11) is -1.82. The average Bonchev–Trinajstić information content (AvgIpc) is 2.67. The molecule has 0 aliphatic heterocycles. The lowest BCUT2D eigenvalue weighted by Crippen LogP contribution is -2.35. The number of hydrogen-bond acceptors (Lipinski definition) is 3. The standard InChI is InChI=1S/C27H50NO3P/c1-22(2)14-11-15-25(7)16-12-17-26(8)18-13-19-27(9)20-21-31-32(29,30-10)28(23(3)4)24(5)6/h14,16,18,20,23-24H,11-13,15,17,19,21H2,1-10H3/b25-16+,26-18+,27-20+. The molecule has 0 aromatic heterocycles. The maximum Gasteiger partial charge on any atom is 0.408 e. The van der Waals surface area contributed by atoms with Crippen LogP contribution in [0.1, 0.15) is 101 Å². The number of nitrogens with zero attached hydrogens (tertiary/aromatic N) is 1. The molecule has 0 radical (unpaired) electrons. The van der Waals surface area contributed by atoms with E-state index in [1.165, 1.54) is 29.4 Å². The van der Waals surface area contributed by atoms with E-state index in [0.29, 0.717) is 6.61 Å². The molecule has 0 bridgehead atoms. The van der Waals surface area contributed by atoms with Crippen LogP contribution >= 0.6 is 7.75 Å². The van der Waals surface area contributed by atoms with Crippen molar-refractivity contribution < 1.29 is 13.6 Å². The Bertz CT molecular complexity index is 690. The van der Waals surface area contributed by atoms with Crippen molar-refractivity contribution in [2.75, 3.05) is 13.7 Å². The summed E-state index contributed by atoms with van der Waals surface area (Å²) in [4.78, 5) is 0. The summed E-state index contributed by atoms with van der Waals surface area (Å²) in [6, 6.07) is 0.157. The Hall–Kier alpha value is -0.930. The summed E-state index contributed by atoms with van der Waals surface area (Å²) >= 11 is 0. The molecule has 0 heterocycles. The smallest absolute Gasteiger partial charge is 0.300 e. The van der Waals surface area contributed by atoms with E-state index in [0.717, 1.165) is 38.5 Å². The van der Waals surface area contributed by atoms with Crippen molar-refractivity contribution in [1.29, 1.82) is 0 Å². The minimum absolute atomic E-state index is 0.0787. The molecule has 0 saturated heterocycles. The molecule has 0 aliphatic rings. The van der Waals surface area contributed by atoms with E-state index in [9.17, 15) is 4.57 Å². The van der Waals surface area contributed by atoms with Gasteiger partial charge in [-0.25, -0.2) is 9.24 Å². The van der Waals surface area contributed by atoms with Gasteiger partial charge < -0.3 is 0 Å². The molecule has 5 heteroatoms. The van der Waals surface area contributed by atoms with Crippen LogP contribution in [-0.4, -0.2) is 30.5 Å². The zero-order valence-corrected chi connectivity index (χ0v) is 23.4. The molecule has 4 nitrogen and oxygen atoms in total. The molecule has 32 heavy (non-hydrogen) atoms. The predicted molar refractivity (Wildman–Crippen MR) is 141 cm³/mol. The van der Waals surface area contributed by atoms with Gasteiger partial charge in [-0.05, 0) is 101 Å². The number of rotatable bonds is 16. The highest BCUT2D eigenvalue weighted by molar-refractivity contribution is 7.51. The van der Waals surface area contributed by atoms with Crippen LogP contribution in [0.5, 0.6) is 0 Å². The van der Waals surface area contributed by atoms with Crippen LogP contribution in [0.25, 0.3) is 0 Å². The second-order valence-electron chi connectivity index (χ2n) is 9.56. The Morgan fingerprint density at radius 3 is 1.53 bits per heavy atom. The number of hydrogen-bond donors (Lipinski definition) is 0. The summed E-state index contributed by atoms with van der Waals surface area (Å²) in [5.41, 5.74) is 5.56. The van der Waals surface area contributed by atoms with Crippen molar-refractivity contribution in [3.63, 3.8) is 0 Å². The normalized spacial score (nSPS) is 15.6. The molecule has 0 aromatic carbocycles. The molecule has 0 saturated carbocycles. The van der Waals surface area contributed by atoms with Crippen molar-refractivity contribution in [3.05, 3.63) is 46.6 Å². The Morgan fingerprint density at radius 2 is 1.16 bits per heavy atom. The van der Waals surface area contributed by atoms with Crippen LogP contribution in [0, 0.1) is 0 Å². The largest absolute Gasteiger partial charge is 0.408 e. The fourth-order valence-electron chi connectivity index (χ4n) is 3.64. The van der Waals surface area contributed by atoms with Gasteiger partial charge in [-0.3, -0.25) is 9.05 Å². The van der Waals surface area contributed by atoms with Gasteiger partial charge in [-0.15, -0.1) is 0 Å². The fraction of sp³-hybridized carbons (Fsp3) is 0.704. The zero-order valence-electron chi connectivity index (χ0n) is 22.5. The van der Waals surface area contributed by atoms with Gasteiger partial charge >= 0.3 is 7.75 Å². The van der Waals surface area contributed by atoms with Crippen molar-refractivity contribution in [2.24, 2.45) is 0 Å². The first-order valence-electron chi connectivity index (χ1n) is 12.1. The van der Waals surface area contributed by atoms with E-state index in [2.05, 4.69) is 52.8 Å². The van der Waals surface area contributed by atoms with Crippen LogP contribution in [0.4, 0.5) is 0 Å². The first kappa shape index (κ1) is 31.1. The fourth-order valence-corrected chi connectivity index (χ4v) is 5.46. The van der Waals surface area contributed by atoms with Crippen molar-refractivity contribution in [1.82, 2.24) is 4.67 Å². The van der Waals surface area contributed by atoms with Crippen molar-refractivity contribution >= 4 is 7.75 Å². The van der Waals surface area contributed by atoms with E-state index in [-0.39, 0.29) is 12.1 Å². The van der Waals surface area contributed by atoms with Gasteiger partial charge in [0.25, 0.3) is 0 Å². The summed E-state index contributed by atoms with van der Waals surface area (Å²) in [5, 5.41) is 0. The molecule has 0 spiro atoms. The predicted octanol–water partition coefficient (Wildman–Crippen LogP) is 9.02. The molecule has 0 N–H and O–H groups in total. The van der Waals surface area contributed by atoms with Gasteiger partial charge in [-0.1, -0.05) is 46.6 Å². The first-order chi connectivity index (χ1) is 14.9. The van der Waals surface area contributed by atoms with Crippen LogP contribution in [0.2, 0.25) is 0 Å². The third-order valence-corrected chi connectivity index (χ3v) is 7.82. The second-order valence-corrected chi connectivity index (χ2v) is 11.6. The quantitative estimate of drug-likeness (QED) is 0.168. The lowest BCUT2D eigenvalue weighted by atomic mass is 10.0. The lowest BCUT2D eigenvalue weighted by Gasteiger charge is -2.34. The lowest BCUT2D eigenvalue weighted by molar-refractivity contribution is 0.159. The van der Waals surface area contributed by atoms with Gasteiger partial charge in [0.2, 0.25) is 0 Å². The summed E-state index contributed by atoms with van der Waals surface area (Å²) in [6.45, 7) is 19.2. The molecule has 0 rings (SSSR count). The van der Waals surface area contributed by atoms with Crippen LogP contribution in [0.3, 0.4) is 0 Å². The topological polar surface area (TPSA) is 38.8 Å². The van der Waals surface area contributed by atoms with E-state index >= 15 is 0 Å². The minimum Gasteiger partial charge on any atom is -0.300 e. The molecule has 1 atom stereocenters. The minimum atomic E-state index is -3.29. The zero-order chi connectivity index (χ0) is 24.7.